The van der Waals surface area contributed by atoms with Gasteiger partial charge in [0.2, 0.25) is 0 Å². The minimum atomic E-state index is -0.443. The zero-order valence-electron chi connectivity index (χ0n) is 10.0. The third-order valence-electron chi connectivity index (χ3n) is 2.68. The zero-order valence-corrected chi connectivity index (χ0v) is 11.5. The van der Waals surface area contributed by atoms with E-state index in [0.717, 1.165) is 5.56 Å². The highest BCUT2D eigenvalue weighted by Crippen LogP contribution is 2.18. The number of nitrogens with zero attached hydrogens (tertiary/aromatic N) is 4. The lowest BCUT2D eigenvalue weighted by molar-refractivity contribution is 0.627. The van der Waals surface area contributed by atoms with E-state index in [2.05, 4.69) is 20.4 Å². The van der Waals surface area contributed by atoms with Crippen LogP contribution in [0.1, 0.15) is 5.56 Å². The SMILES string of the molecule is Fc1ccc(CNc2cc(Cl)nc3ncnn23)cc1Cl. The number of hydrogen-bond acceptors (Lipinski definition) is 4. The maximum absolute atomic E-state index is 13.1. The van der Waals surface area contributed by atoms with Crippen LogP contribution in [0, 0.1) is 5.82 Å². The molecular weight excluding hydrogens is 304 g/mol. The average molecular weight is 312 g/mol. The van der Waals surface area contributed by atoms with Crippen molar-refractivity contribution >= 4 is 34.8 Å². The number of anilines is 1. The minimum Gasteiger partial charge on any atom is -0.366 e. The third kappa shape index (κ3) is 2.52. The number of nitrogens with one attached hydrogen (secondary N) is 1. The maximum Gasteiger partial charge on any atom is 0.255 e. The van der Waals surface area contributed by atoms with Gasteiger partial charge >= 0.3 is 0 Å². The Morgan fingerprint density at radius 2 is 2.10 bits per heavy atom. The molecule has 2 aromatic heterocycles. The summed E-state index contributed by atoms with van der Waals surface area (Å²) in [7, 11) is 0. The van der Waals surface area contributed by atoms with E-state index in [4.69, 9.17) is 23.2 Å². The van der Waals surface area contributed by atoms with Crippen molar-refractivity contribution in [2.45, 2.75) is 6.54 Å². The number of hydrogen-bond donors (Lipinski definition) is 1. The van der Waals surface area contributed by atoms with Gasteiger partial charge in [0.25, 0.3) is 5.78 Å². The Bertz CT molecular complexity index is 774. The number of rotatable bonds is 3. The molecule has 3 rings (SSSR count). The van der Waals surface area contributed by atoms with Crippen LogP contribution in [0.25, 0.3) is 5.78 Å². The maximum atomic E-state index is 13.1. The van der Waals surface area contributed by atoms with Crippen LogP contribution in [-0.4, -0.2) is 19.6 Å². The molecule has 20 heavy (non-hydrogen) atoms. The second-order valence-electron chi connectivity index (χ2n) is 4.04. The Morgan fingerprint density at radius 1 is 1.25 bits per heavy atom. The lowest BCUT2D eigenvalue weighted by atomic mass is 10.2. The molecular formula is C12H8Cl2FN5. The van der Waals surface area contributed by atoms with E-state index in [-0.39, 0.29) is 5.02 Å². The summed E-state index contributed by atoms with van der Waals surface area (Å²) in [5, 5.41) is 7.57. The molecule has 0 atom stereocenters. The Morgan fingerprint density at radius 3 is 2.90 bits per heavy atom. The largest absolute Gasteiger partial charge is 0.366 e. The molecule has 8 heteroatoms. The fourth-order valence-corrected chi connectivity index (χ4v) is 2.13. The van der Waals surface area contributed by atoms with E-state index in [0.29, 0.717) is 23.3 Å². The summed E-state index contributed by atoms with van der Waals surface area (Å²) >= 11 is 11.6. The molecule has 0 bridgehead atoms. The standard InChI is InChI=1S/C12H8Cl2FN5/c13-8-3-7(1-2-9(8)15)5-16-11-4-10(14)19-12-17-6-18-20(11)12/h1-4,6,16H,5H2. The molecule has 0 aliphatic rings. The van der Waals surface area contributed by atoms with Crippen LogP contribution < -0.4 is 5.32 Å². The minimum absolute atomic E-state index is 0.0861. The van der Waals surface area contributed by atoms with Crippen LogP contribution in [0.5, 0.6) is 0 Å². The third-order valence-corrected chi connectivity index (χ3v) is 3.16. The first kappa shape index (κ1) is 13.1. The van der Waals surface area contributed by atoms with Gasteiger partial charge in [-0.15, -0.1) is 0 Å². The van der Waals surface area contributed by atoms with Gasteiger partial charge in [-0.25, -0.2) is 4.39 Å². The summed E-state index contributed by atoms with van der Waals surface area (Å²) in [5.41, 5.74) is 0.831. The molecule has 1 N–H and O–H groups in total. The molecule has 0 spiro atoms. The van der Waals surface area contributed by atoms with Crippen molar-refractivity contribution in [3.05, 3.63) is 52.1 Å². The zero-order chi connectivity index (χ0) is 14.1. The van der Waals surface area contributed by atoms with Crippen molar-refractivity contribution in [1.82, 2.24) is 19.6 Å². The molecule has 0 saturated heterocycles. The molecule has 0 aliphatic heterocycles. The average Bonchev–Trinajstić information content (AvgIpc) is 2.88. The predicted octanol–water partition coefficient (Wildman–Crippen LogP) is 3.18. The van der Waals surface area contributed by atoms with E-state index >= 15 is 0 Å². The van der Waals surface area contributed by atoms with Crippen LogP contribution in [0.15, 0.2) is 30.6 Å². The van der Waals surface area contributed by atoms with E-state index in [1.807, 2.05) is 0 Å². The van der Waals surface area contributed by atoms with Crippen LogP contribution in [-0.2, 0) is 6.54 Å². The molecule has 0 radical (unpaired) electrons. The summed E-state index contributed by atoms with van der Waals surface area (Å²) in [6, 6.07) is 6.17. The van der Waals surface area contributed by atoms with Crippen LogP contribution >= 0.6 is 23.2 Å². The lowest BCUT2D eigenvalue weighted by Crippen LogP contribution is -2.06. The molecule has 0 saturated carbocycles. The van der Waals surface area contributed by atoms with Crippen molar-refractivity contribution in [2.24, 2.45) is 0 Å². The predicted molar refractivity (Wildman–Crippen MR) is 74.5 cm³/mol. The second-order valence-corrected chi connectivity index (χ2v) is 4.83. The monoisotopic (exact) mass is 311 g/mol. The molecule has 102 valence electrons. The Labute approximate surface area is 123 Å². The molecule has 1 aromatic carbocycles. The van der Waals surface area contributed by atoms with Crippen molar-refractivity contribution in [2.75, 3.05) is 5.32 Å². The van der Waals surface area contributed by atoms with Crippen molar-refractivity contribution < 1.29 is 4.39 Å². The summed E-state index contributed by atoms with van der Waals surface area (Å²) in [6.45, 7) is 0.440. The first-order valence-electron chi connectivity index (χ1n) is 5.67. The van der Waals surface area contributed by atoms with Gasteiger partial charge in [-0.1, -0.05) is 29.3 Å². The summed E-state index contributed by atoms with van der Waals surface area (Å²) in [5.74, 6) is 0.594. The van der Waals surface area contributed by atoms with Gasteiger partial charge in [-0.3, -0.25) is 0 Å². The van der Waals surface area contributed by atoms with Gasteiger partial charge in [-0.05, 0) is 17.7 Å². The van der Waals surface area contributed by atoms with Crippen molar-refractivity contribution in [3.63, 3.8) is 0 Å². The second kappa shape index (κ2) is 5.22. The van der Waals surface area contributed by atoms with Gasteiger partial charge < -0.3 is 5.32 Å². The molecule has 0 amide bonds. The Kier molecular flexibility index (Phi) is 3.42. The topological polar surface area (TPSA) is 55.1 Å². The van der Waals surface area contributed by atoms with Crippen molar-refractivity contribution in [1.29, 1.82) is 0 Å². The van der Waals surface area contributed by atoms with Crippen LogP contribution in [0.4, 0.5) is 10.2 Å². The van der Waals surface area contributed by atoms with Gasteiger partial charge in [-0.2, -0.15) is 19.6 Å². The Balaban J connectivity index is 1.86. The summed E-state index contributed by atoms with van der Waals surface area (Å²) in [6.07, 6.45) is 1.39. The number of benzene rings is 1. The van der Waals surface area contributed by atoms with Gasteiger partial charge in [0.05, 0.1) is 5.02 Å². The van der Waals surface area contributed by atoms with E-state index in [9.17, 15) is 4.39 Å². The molecule has 0 unspecified atom stereocenters. The molecule has 5 nitrogen and oxygen atoms in total. The van der Waals surface area contributed by atoms with Crippen LogP contribution in [0.3, 0.4) is 0 Å². The highest BCUT2D eigenvalue weighted by atomic mass is 35.5. The van der Waals surface area contributed by atoms with Gasteiger partial charge in [0.15, 0.2) is 0 Å². The van der Waals surface area contributed by atoms with Crippen LogP contribution in [0.2, 0.25) is 10.2 Å². The first-order valence-corrected chi connectivity index (χ1v) is 6.43. The molecule has 2 heterocycles. The quantitative estimate of drug-likeness (QED) is 0.755. The normalized spacial score (nSPS) is 10.9. The molecule has 0 aliphatic carbocycles. The van der Waals surface area contributed by atoms with Gasteiger partial charge in [0, 0.05) is 12.6 Å². The van der Waals surface area contributed by atoms with E-state index in [1.165, 1.54) is 16.9 Å². The number of aromatic nitrogens is 4. The summed E-state index contributed by atoms with van der Waals surface area (Å²) < 4.78 is 14.6. The Hall–Kier alpha value is -1.92. The summed E-state index contributed by atoms with van der Waals surface area (Å²) in [4.78, 5) is 7.99. The molecule has 3 aromatic rings. The molecule has 0 fully saturated rings. The first-order chi connectivity index (χ1) is 9.63. The highest BCUT2D eigenvalue weighted by Gasteiger charge is 2.07. The van der Waals surface area contributed by atoms with E-state index < -0.39 is 5.82 Å². The fraction of sp³-hybridized carbons (Fsp3) is 0.0833. The smallest absolute Gasteiger partial charge is 0.255 e. The fourth-order valence-electron chi connectivity index (χ4n) is 1.75. The highest BCUT2D eigenvalue weighted by molar-refractivity contribution is 6.30. The number of fused-ring (bicyclic) bond motifs is 1. The van der Waals surface area contributed by atoms with Gasteiger partial charge in [0.1, 0.15) is 23.1 Å². The number of halogens is 3. The van der Waals surface area contributed by atoms with Crippen molar-refractivity contribution in [3.8, 4) is 0 Å². The lowest BCUT2D eigenvalue weighted by Gasteiger charge is -2.08. The van der Waals surface area contributed by atoms with E-state index in [1.54, 1.807) is 18.2 Å².